The molecule has 0 aliphatic heterocycles. The minimum Gasteiger partial charge on any atom is -0.484 e. The van der Waals surface area contributed by atoms with E-state index in [4.69, 9.17) is 4.74 Å². The van der Waals surface area contributed by atoms with E-state index >= 15 is 0 Å². The van der Waals surface area contributed by atoms with Crippen molar-refractivity contribution >= 4 is 38.6 Å². The Labute approximate surface area is 172 Å². The molecule has 1 aromatic heterocycles. The van der Waals surface area contributed by atoms with Crippen LogP contribution in [-0.4, -0.2) is 42.4 Å². The van der Waals surface area contributed by atoms with E-state index in [-0.39, 0.29) is 10.9 Å². The number of rotatable bonds is 7. The second-order valence-corrected chi connectivity index (χ2v) is 7.03. The number of carbonyl (C=O) groups excluding carboxylic acids is 2. The topological polar surface area (TPSA) is 89.5 Å². The van der Waals surface area contributed by atoms with Crippen molar-refractivity contribution in [3.05, 3.63) is 54.6 Å². The Bertz CT molecular complexity index is 1010. The highest BCUT2D eigenvalue weighted by molar-refractivity contribution is 7.22. The number of nitrogens with zero attached hydrogens (tertiary/aromatic N) is 1. The number of nitrogens with one attached hydrogen (secondary N) is 2. The van der Waals surface area contributed by atoms with E-state index in [9.17, 15) is 22.8 Å². The Morgan fingerprint density at radius 2 is 1.73 bits per heavy atom. The van der Waals surface area contributed by atoms with Gasteiger partial charge in [-0.05, 0) is 24.3 Å². The van der Waals surface area contributed by atoms with Crippen molar-refractivity contribution in [1.29, 1.82) is 0 Å². The predicted octanol–water partition coefficient (Wildman–Crippen LogP) is 3.34. The molecule has 0 bridgehead atoms. The van der Waals surface area contributed by atoms with Crippen molar-refractivity contribution in [2.24, 2.45) is 0 Å². The summed E-state index contributed by atoms with van der Waals surface area (Å²) in [5, 5.41) is 3.48. The number of amides is 1. The molecule has 0 saturated heterocycles. The largest absolute Gasteiger partial charge is 0.484 e. The van der Waals surface area contributed by atoms with Crippen LogP contribution in [0.2, 0.25) is 0 Å². The molecular formula is C19H16F3N3O4S. The van der Waals surface area contributed by atoms with Gasteiger partial charge in [0.15, 0.2) is 11.7 Å². The summed E-state index contributed by atoms with van der Waals surface area (Å²) >= 11 is 0.893. The highest BCUT2D eigenvalue weighted by Crippen LogP contribution is 2.35. The van der Waals surface area contributed by atoms with Crippen molar-refractivity contribution in [3.8, 4) is 5.75 Å². The van der Waals surface area contributed by atoms with Crippen molar-refractivity contribution in [2.75, 3.05) is 19.0 Å². The average molecular weight is 439 g/mol. The van der Waals surface area contributed by atoms with Crippen LogP contribution in [0.25, 0.3) is 10.2 Å². The van der Waals surface area contributed by atoms with E-state index in [1.165, 1.54) is 12.1 Å². The molecule has 3 aromatic rings. The van der Waals surface area contributed by atoms with E-state index in [0.717, 1.165) is 18.4 Å². The zero-order valence-electron chi connectivity index (χ0n) is 15.5. The summed E-state index contributed by atoms with van der Waals surface area (Å²) in [6, 6.07) is 14.7. The van der Waals surface area contributed by atoms with Gasteiger partial charge in [0.05, 0.1) is 17.3 Å². The summed E-state index contributed by atoms with van der Waals surface area (Å²) in [5.74, 6) is -2.65. The van der Waals surface area contributed by atoms with Gasteiger partial charge in [-0.3, -0.25) is 4.79 Å². The normalized spacial score (nSPS) is 13.3. The predicted molar refractivity (Wildman–Crippen MR) is 104 cm³/mol. The maximum Gasteiger partial charge on any atom is 0.442 e. The number of ether oxygens (including phenoxy) is 2. The van der Waals surface area contributed by atoms with Gasteiger partial charge < -0.3 is 20.1 Å². The Hall–Kier alpha value is -3.34. The third-order valence-electron chi connectivity index (χ3n) is 3.95. The molecule has 0 aliphatic carbocycles. The van der Waals surface area contributed by atoms with Gasteiger partial charge in [-0.25, -0.2) is 9.78 Å². The highest BCUT2D eigenvalue weighted by Gasteiger charge is 2.64. The van der Waals surface area contributed by atoms with Gasteiger partial charge in [-0.1, -0.05) is 41.7 Å². The molecule has 0 saturated carbocycles. The molecule has 30 heavy (non-hydrogen) atoms. The fraction of sp³-hybridized carbons (Fsp3) is 0.211. The molecule has 1 unspecified atom stereocenters. The molecule has 0 fully saturated rings. The Balaban J connectivity index is 1.88. The summed E-state index contributed by atoms with van der Waals surface area (Å²) in [4.78, 5) is 28.5. The number of esters is 1. The first kappa shape index (κ1) is 21.4. The second kappa shape index (κ2) is 8.57. The number of alkyl halides is 3. The maximum absolute atomic E-state index is 14.0. The number of halogens is 3. The summed E-state index contributed by atoms with van der Waals surface area (Å²) in [6.45, 7) is -0.750. The van der Waals surface area contributed by atoms with Crippen LogP contribution < -0.4 is 15.4 Å². The Kier molecular flexibility index (Phi) is 6.11. The number of para-hydroxylation sites is 2. The third-order valence-corrected chi connectivity index (χ3v) is 4.90. The molecule has 1 heterocycles. The van der Waals surface area contributed by atoms with Crippen LogP contribution in [0.3, 0.4) is 0 Å². The molecule has 2 N–H and O–H groups in total. The van der Waals surface area contributed by atoms with Crippen molar-refractivity contribution in [2.45, 2.75) is 11.8 Å². The number of hydrogen-bond acceptors (Lipinski definition) is 7. The van der Waals surface area contributed by atoms with Gasteiger partial charge in [0, 0.05) is 0 Å². The minimum atomic E-state index is -5.25. The number of carbonyl (C=O) groups is 2. The number of fused-ring (bicyclic) bond motifs is 1. The van der Waals surface area contributed by atoms with Crippen LogP contribution in [0, 0.1) is 0 Å². The van der Waals surface area contributed by atoms with Crippen LogP contribution in [0.4, 0.5) is 18.3 Å². The van der Waals surface area contributed by atoms with Gasteiger partial charge in [-0.15, -0.1) is 0 Å². The summed E-state index contributed by atoms with van der Waals surface area (Å²) in [6.07, 6.45) is -5.25. The minimum absolute atomic E-state index is 0.219. The smallest absolute Gasteiger partial charge is 0.442 e. The van der Waals surface area contributed by atoms with Crippen LogP contribution in [0.1, 0.15) is 0 Å². The van der Waals surface area contributed by atoms with Gasteiger partial charge in [-0.2, -0.15) is 13.2 Å². The maximum atomic E-state index is 14.0. The molecule has 1 amide bonds. The molecule has 0 radical (unpaired) electrons. The lowest BCUT2D eigenvalue weighted by atomic mass is 10.1. The number of thiazole rings is 1. The van der Waals surface area contributed by atoms with Crippen LogP contribution in [-0.2, 0) is 14.3 Å². The average Bonchev–Trinajstić information content (AvgIpc) is 3.13. The number of hydrogen-bond donors (Lipinski definition) is 2. The van der Waals surface area contributed by atoms with E-state index in [0.29, 0.717) is 10.2 Å². The fourth-order valence-corrected chi connectivity index (χ4v) is 3.46. The molecule has 1 atom stereocenters. The van der Waals surface area contributed by atoms with Crippen LogP contribution in [0.5, 0.6) is 5.75 Å². The zero-order valence-corrected chi connectivity index (χ0v) is 16.3. The van der Waals surface area contributed by atoms with E-state index < -0.39 is 30.3 Å². The lowest BCUT2D eigenvalue weighted by molar-refractivity contribution is -0.206. The molecule has 158 valence electrons. The number of aromatic nitrogens is 1. The molecular weight excluding hydrogens is 423 g/mol. The Morgan fingerprint density at radius 1 is 1.07 bits per heavy atom. The van der Waals surface area contributed by atoms with Gasteiger partial charge >= 0.3 is 17.8 Å². The summed E-state index contributed by atoms with van der Waals surface area (Å²) < 4.78 is 52.2. The third kappa shape index (κ3) is 4.46. The quantitative estimate of drug-likeness (QED) is 0.434. The first-order chi connectivity index (χ1) is 14.2. The molecule has 7 nitrogen and oxygen atoms in total. The van der Waals surface area contributed by atoms with Gasteiger partial charge in [0.2, 0.25) is 0 Å². The SMILES string of the molecule is COC(=O)C(NC(=O)COc1ccccc1)(Nc1nc2ccccc2s1)C(F)(F)F. The molecule has 11 heteroatoms. The first-order valence-electron chi connectivity index (χ1n) is 8.53. The first-order valence-corrected chi connectivity index (χ1v) is 9.34. The van der Waals surface area contributed by atoms with E-state index in [1.54, 1.807) is 47.8 Å². The van der Waals surface area contributed by atoms with Crippen molar-refractivity contribution in [1.82, 2.24) is 10.3 Å². The number of benzene rings is 2. The van der Waals surface area contributed by atoms with E-state index in [1.807, 2.05) is 5.32 Å². The second-order valence-electron chi connectivity index (χ2n) is 6.00. The zero-order chi connectivity index (χ0) is 21.8. The van der Waals surface area contributed by atoms with Crippen LogP contribution in [0.15, 0.2) is 54.6 Å². The molecule has 0 aliphatic rings. The Morgan fingerprint density at radius 3 is 2.37 bits per heavy atom. The fourth-order valence-electron chi connectivity index (χ4n) is 2.54. The number of methoxy groups -OCH3 is 1. The van der Waals surface area contributed by atoms with Crippen LogP contribution >= 0.6 is 11.3 Å². The van der Waals surface area contributed by atoms with Crippen molar-refractivity contribution < 1.29 is 32.2 Å². The lowest BCUT2D eigenvalue weighted by Gasteiger charge is -2.33. The van der Waals surface area contributed by atoms with E-state index in [2.05, 4.69) is 9.72 Å². The lowest BCUT2D eigenvalue weighted by Crippen LogP contribution is -2.69. The van der Waals surface area contributed by atoms with Crippen molar-refractivity contribution in [3.63, 3.8) is 0 Å². The molecule has 2 aromatic carbocycles. The summed E-state index contributed by atoms with van der Waals surface area (Å²) in [7, 11) is 0.787. The standard InChI is InChI=1S/C19H16F3N3O4S/c1-28-16(27)18(19(20,21)22,24-15(26)11-29-12-7-3-2-4-8-12)25-17-23-13-9-5-6-10-14(13)30-17/h2-10H,11H2,1H3,(H,23,25)(H,24,26). The summed E-state index contributed by atoms with van der Waals surface area (Å²) in [5.41, 5.74) is -3.11. The highest BCUT2D eigenvalue weighted by atomic mass is 32.1. The van der Waals surface area contributed by atoms with Gasteiger partial charge in [0.1, 0.15) is 5.75 Å². The molecule has 3 rings (SSSR count). The van der Waals surface area contributed by atoms with Gasteiger partial charge in [0.25, 0.3) is 5.91 Å². The monoisotopic (exact) mass is 439 g/mol. The molecule has 0 spiro atoms. The number of anilines is 1.